The Bertz CT molecular complexity index is 466. The van der Waals surface area contributed by atoms with Crippen molar-refractivity contribution in [2.24, 2.45) is 17.6 Å². The fourth-order valence-corrected chi connectivity index (χ4v) is 4.25. The van der Waals surface area contributed by atoms with Crippen LogP contribution in [0.2, 0.25) is 0 Å². The first kappa shape index (κ1) is 14.6. The number of carbonyl (C=O) groups excluding carboxylic acids is 1. The summed E-state index contributed by atoms with van der Waals surface area (Å²) in [5.74, 6) is 0.933. The third kappa shape index (κ3) is 2.70. The Labute approximate surface area is 122 Å². The van der Waals surface area contributed by atoms with E-state index in [2.05, 4.69) is 9.88 Å². The third-order valence-electron chi connectivity index (χ3n) is 4.21. The number of primary amides is 1. The molecule has 1 aliphatic heterocycles. The fraction of sp³-hybridized carbons (Fsp3) is 0.667. The Balaban J connectivity index is 0.00000133. The molecule has 0 spiro atoms. The quantitative estimate of drug-likeness (QED) is 0.879. The van der Waals surface area contributed by atoms with E-state index in [1.165, 1.54) is 24.2 Å². The van der Waals surface area contributed by atoms with E-state index in [1.54, 1.807) is 6.20 Å². The minimum absolute atomic E-state index is 0. The molecule has 0 bridgehead atoms. The fourth-order valence-electron chi connectivity index (χ4n) is 3.54. The van der Waals surface area contributed by atoms with Crippen LogP contribution in [0, 0.1) is 11.8 Å². The van der Waals surface area contributed by atoms with E-state index in [0.717, 1.165) is 24.4 Å². The molecule has 3 unspecified atom stereocenters. The van der Waals surface area contributed by atoms with E-state index < -0.39 is 0 Å². The van der Waals surface area contributed by atoms with E-state index in [4.69, 9.17) is 11.5 Å². The molecule has 1 aromatic rings. The molecule has 3 rings (SSSR count). The maximum absolute atomic E-state index is 11.7. The summed E-state index contributed by atoms with van der Waals surface area (Å²) in [6.45, 7) is 1.73. The third-order valence-corrected chi connectivity index (χ3v) is 5.02. The second-order valence-corrected chi connectivity index (χ2v) is 6.44. The molecule has 7 heteroatoms. The number of hydrogen-bond donors (Lipinski definition) is 2. The van der Waals surface area contributed by atoms with Crippen molar-refractivity contribution < 1.29 is 4.79 Å². The van der Waals surface area contributed by atoms with Crippen LogP contribution >= 0.6 is 23.7 Å². The molecule has 1 saturated carbocycles. The van der Waals surface area contributed by atoms with Gasteiger partial charge in [-0.15, -0.1) is 23.7 Å². The number of rotatable bonds is 3. The number of amides is 1. The van der Waals surface area contributed by atoms with Gasteiger partial charge in [0, 0.05) is 24.2 Å². The summed E-state index contributed by atoms with van der Waals surface area (Å²) in [6.07, 6.45) is 5.40. The lowest BCUT2D eigenvalue weighted by atomic mass is 9.94. The van der Waals surface area contributed by atoms with Crippen LogP contribution in [0.4, 0.5) is 5.13 Å². The van der Waals surface area contributed by atoms with Crippen LogP contribution in [-0.2, 0) is 11.3 Å². The van der Waals surface area contributed by atoms with Gasteiger partial charge in [0.2, 0.25) is 5.91 Å². The molecule has 4 N–H and O–H groups in total. The van der Waals surface area contributed by atoms with Gasteiger partial charge in [-0.2, -0.15) is 0 Å². The van der Waals surface area contributed by atoms with Crippen molar-refractivity contribution >= 4 is 34.8 Å². The molecule has 106 valence electrons. The van der Waals surface area contributed by atoms with Crippen molar-refractivity contribution in [3.05, 3.63) is 11.1 Å². The standard InChI is InChI=1S/C12H18N4OS.ClH/c13-11(17)10-9-3-1-2-7(9)5-16(10)6-8-4-15-12(14)18-8;/h4,7,9-10H,1-3,5-6H2,(H2,13,17)(H2,14,15);1H. The molecule has 1 amide bonds. The average molecular weight is 303 g/mol. The van der Waals surface area contributed by atoms with E-state index >= 15 is 0 Å². The van der Waals surface area contributed by atoms with Crippen LogP contribution in [0.5, 0.6) is 0 Å². The molecular formula is C12H19ClN4OS. The molecule has 3 atom stereocenters. The van der Waals surface area contributed by atoms with Gasteiger partial charge in [-0.1, -0.05) is 6.42 Å². The number of halogens is 1. The minimum Gasteiger partial charge on any atom is -0.375 e. The molecular weight excluding hydrogens is 284 g/mol. The molecule has 0 aromatic carbocycles. The van der Waals surface area contributed by atoms with Crippen LogP contribution in [0.25, 0.3) is 0 Å². The van der Waals surface area contributed by atoms with E-state index in [9.17, 15) is 4.79 Å². The Morgan fingerprint density at radius 2 is 2.32 bits per heavy atom. The summed E-state index contributed by atoms with van der Waals surface area (Å²) in [5.41, 5.74) is 11.2. The molecule has 1 aliphatic carbocycles. The zero-order chi connectivity index (χ0) is 12.7. The molecule has 2 fully saturated rings. The van der Waals surface area contributed by atoms with Gasteiger partial charge in [0.05, 0.1) is 6.04 Å². The highest BCUT2D eigenvalue weighted by molar-refractivity contribution is 7.15. The zero-order valence-corrected chi connectivity index (χ0v) is 12.3. The van der Waals surface area contributed by atoms with Crippen LogP contribution in [0.3, 0.4) is 0 Å². The maximum atomic E-state index is 11.7. The molecule has 1 saturated heterocycles. The van der Waals surface area contributed by atoms with Gasteiger partial charge in [0.25, 0.3) is 0 Å². The highest BCUT2D eigenvalue weighted by atomic mass is 35.5. The number of nitrogens with two attached hydrogens (primary N) is 2. The van der Waals surface area contributed by atoms with Gasteiger partial charge in [-0.3, -0.25) is 9.69 Å². The summed E-state index contributed by atoms with van der Waals surface area (Å²) >= 11 is 1.49. The first-order chi connectivity index (χ1) is 8.65. The summed E-state index contributed by atoms with van der Waals surface area (Å²) in [5, 5.41) is 0.583. The predicted octanol–water partition coefficient (Wildman–Crippen LogP) is 1.23. The smallest absolute Gasteiger partial charge is 0.235 e. The summed E-state index contributed by atoms with van der Waals surface area (Å²) in [4.78, 5) is 19.1. The van der Waals surface area contributed by atoms with Crippen molar-refractivity contribution in [3.63, 3.8) is 0 Å². The van der Waals surface area contributed by atoms with Crippen molar-refractivity contribution in [2.75, 3.05) is 12.3 Å². The van der Waals surface area contributed by atoms with Gasteiger partial charge in [-0.05, 0) is 24.7 Å². The van der Waals surface area contributed by atoms with Crippen LogP contribution in [-0.4, -0.2) is 28.4 Å². The molecule has 19 heavy (non-hydrogen) atoms. The first-order valence-electron chi connectivity index (χ1n) is 6.38. The highest BCUT2D eigenvalue weighted by Crippen LogP contribution is 2.42. The lowest BCUT2D eigenvalue weighted by Gasteiger charge is -2.24. The number of aromatic nitrogens is 1. The van der Waals surface area contributed by atoms with E-state index in [1.807, 2.05) is 0 Å². The Hall–Kier alpha value is -0.850. The largest absolute Gasteiger partial charge is 0.375 e. The summed E-state index contributed by atoms with van der Waals surface area (Å²) < 4.78 is 0. The number of likely N-dealkylation sites (tertiary alicyclic amines) is 1. The van der Waals surface area contributed by atoms with Crippen LogP contribution < -0.4 is 11.5 Å². The number of fused-ring (bicyclic) bond motifs is 1. The zero-order valence-electron chi connectivity index (χ0n) is 10.6. The maximum Gasteiger partial charge on any atom is 0.235 e. The second-order valence-electron chi connectivity index (χ2n) is 5.30. The topological polar surface area (TPSA) is 85.2 Å². The number of thiazole rings is 1. The number of nitrogen functional groups attached to an aromatic ring is 1. The monoisotopic (exact) mass is 302 g/mol. The van der Waals surface area contributed by atoms with Crippen molar-refractivity contribution in [3.8, 4) is 0 Å². The van der Waals surface area contributed by atoms with Crippen molar-refractivity contribution in [2.45, 2.75) is 31.8 Å². The number of hydrogen-bond acceptors (Lipinski definition) is 5. The van der Waals surface area contributed by atoms with E-state index in [-0.39, 0.29) is 24.4 Å². The molecule has 1 aromatic heterocycles. The first-order valence-corrected chi connectivity index (χ1v) is 7.20. The normalized spacial score (nSPS) is 30.0. The van der Waals surface area contributed by atoms with Crippen molar-refractivity contribution in [1.29, 1.82) is 0 Å². The Morgan fingerprint density at radius 3 is 2.95 bits per heavy atom. The van der Waals surface area contributed by atoms with E-state index in [0.29, 0.717) is 17.0 Å². The molecule has 5 nitrogen and oxygen atoms in total. The van der Waals surface area contributed by atoms with Crippen molar-refractivity contribution in [1.82, 2.24) is 9.88 Å². The summed E-state index contributed by atoms with van der Waals surface area (Å²) in [7, 11) is 0. The second kappa shape index (κ2) is 5.64. The predicted molar refractivity (Wildman–Crippen MR) is 78.0 cm³/mol. The molecule has 0 radical (unpaired) electrons. The SMILES string of the molecule is Cl.NC(=O)C1C2CCCC2CN1Cc1cnc(N)s1. The number of carbonyl (C=O) groups is 1. The number of nitrogens with zero attached hydrogens (tertiary/aromatic N) is 2. The number of anilines is 1. The van der Waals surface area contributed by atoms with Gasteiger partial charge in [0.15, 0.2) is 5.13 Å². The lowest BCUT2D eigenvalue weighted by molar-refractivity contribution is -0.123. The van der Waals surface area contributed by atoms with Crippen LogP contribution in [0.15, 0.2) is 6.20 Å². The lowest BCUT2D eigenvalue weighted by Crippen LogP contribution is -2.43. The highest BCUT2D eigenvalue weighted by Gasteiger charge is 2.46. The molecule has 2 heterocycles. The van der Waals surface area contributed by atoms with Gasteiger partial charge >= 0.3 is 0 Å². The average Bonchev–Trinajstić information content (AvgIpc) is 2.93. The van der Waals surface area contributed by atoms with Gasteiger partial charge < -0.3 is 11.5 Å². The van der Waals surface area contributed by atoms with Crippen LogP contribution in [0.1, 0.15) is 24.1 Å². The Morgan fingerprint density at radius 1 is 1.53 bits per heavy atom. The minimum atomic E-state index is -0.179. The summed E-state index contributed by atoms with van der Waals surface area (Å²) in [6, 6.07) is -0.0965. The van der Waals surface area contributed by atoms with Gasteiger partial charge in [0.1, 0.15) is 0 Å². The Kier molecular flexibility index (Phi) is 4.32. The van der Waals surface area contributed by atoms with Gasteiger partial charge in [-0.25, -0.2) is 4.98 Å². The molecule has 2 aliphatic rings.